The molecule has 29 heavy (non-hydrogen) atoms. The van der Waals surface area contributed by atoms with Gasteiger partial charge in [-0.2, -0.15) is 5.10 Å². The minimum Gasteiger partial charge on any atom is -0.393 e. The molecule has 7 nitrogen and oxygen atoms in total. The highest BCUT2D eigenvalue weighted by Crippen LogP contribution is 2.20. The lowest BCUT2D eigenvalue weighted by atomic mass is 10.1. The number of rotatable bonds is 6. The van der Waals surface area contributed by atoms with Gasteiger partial charge in [0.25, 0.3) is 0 Å². The number of aliphatic hydroxyl groups is 1. The van der Waals surface area contributed by atoms with E-state index in [1.54, 1.807) is 10.9 Å². The molecule has 3 N–H and O–H groups in total. The van der Waals surface area contributed by atoms with E-state index >= 15 is 0 Å². The number of piperidine rings is 1. The van der Waals surface area contributed by atoms with Crippen LogP contribution < -0.4 is 10.6 Å². The number of amidine groups is 1. The molecule has 0 spiro atoms. The van der Waals surface area contributed by atoms with Crippen LogP contribution in [0.4, 0.5) is 5.69 Å². The molecule has 4 rings (SSSR count). The smallest absolute Gasteiger partial charge is 0.170 e. The maximum atomic E-state index is 9.64. The molecule has 3 aromatic rings. The molecule has 2 aromatic carbocycles. The highest BCUT2D eigenvalue weighted by atomic mass is 16.6. The Hall–Kier alpha value is -3.32. The molecule has 1 fully saturated rings. The second kappa shape index (κ2) is 8.79. The number of oxime groups is 1. The highest BCUT2D eigenvalue weighted by Gasteiger charge is 2.17. The number of hydrogen-bond donors (Lipinski definition) is 2. The molecular formula is C22H25N5O2. The third kappa shape index (κ3) is 4.75. The lowest BCUT2D eigenvalue weighted by Gasteiger charge is -2.31. The van der Waals surface area contributed by atoms with Crippen LogP contribution in [0.5, 0.6) is 0 Å². The zero-order chi connectivity index (χ0) is 20.1. The first-order chi connectivity index (χ1) is 14.2. The molecule has 0 atom stereocenters. The number of aliphatic hydroxyl groups excluding tert-OH is 1. The van der Waals surface area contributed by atoms with Gasteiger partial charge in [-0.1, -0.05) is 17.3 Å². The van der Waals surface area contributed by atoms with Gasteiger partial charge in [-0.25, -0.2) is 4.68 Å². The number of hydrogen-bond acceptors (Lipinski definition) is 5. The van der Waals surface area contributed by atoms with Crippen LogP contribution in [0.15, 0.2) is 72.1 Å². The van der Waals surface area contributed by atoms with E-state index in [-0.39, 0.29) is 6.10 Å². The standard InChI is InChI=1S/C22H25N5O2/c23-22(18-4-8-19(9-5-18)26-14-10-21(28)11-15-26)25-29-16-17-2-6-20(7-3-17)27-13-1-12-24-27/h1-9,12-13,21,28H,10-11,14-16H2,(H2,23,25). The first-order valence-corrected chi connectivity index (χ1v) is 9.77. The van der Waals surface area contributed by atoms with Gasteiger partial charge in [0.05, 0.1) is 11.8 Å². The summed E-state index contributed by atoms with van der Waals surface area (Å²) in [7, 11) is 0. The van der Waals surface area contributed by atoms with E-state index < -0.39 is 0 Å². The largest absolute Gasteiger partial charge is 0.393 e. The summed E-state index contributed by atoms with van der Waals surface area (Å²) >= 11 is 0. The fourth-order valence-corrected chi connectivity index (χ4v) is 3.36. The normalized spacial score (nSPS) is 15.5. The number of nitrogens with zero attached hydrogens (tertiary/aromatic N) is 4. The van der Waals surface area contributed by atoms with Gasteiger partial charge in [-0.15, -0.1) is 0 Å². The van der Waals surface area contributed by atoms with Crippen molar-refractivity contribution in [1.82, 2.24) is 9.78 Å². The zero-order valence-electron chi connectivity index (χ0n) is 16.2. The molecule has 7 heteroatoms. The summed E-state index contributed by atoms with van der Waals surface area (Å²) < 4.78 is 1.80. The van der Waals surface area contributed by atoms with Gasteiger partial charge < -0.3 is 20.6 Å². The summed E-state index contributed by atoms with van der Waals surface area (Å²) in [5.74, 6) is 0.346. The van der Waals surface area contributed by atoms with Crippen molar-refractivity contribution < 1.29 is 9.94 Å². The molecular weight excluding hydrogens is 366 g/mol. The van der Waals surface area contributed by atoms with Crippen molar-refractivity contribution in [1.29, 1.82) is 0 Å². The Morgan fingerprint density at radius 2 is 1.76 bits per heavy atom. The first kappa shape index (κ1) is 19.0. The Bertz CT molecular complexity index is 928. The van der Waals surface area contributed by atoms with E-state index in [0.717, 1.165) is 48.4 Å². The second-order valence-electron chi connectivity index (χ2n) is 7.13. The van der Waals surface area contributed by atoms with Crippen LogP contribution in [0.1, 0.15) is 24.0 Å². The van der Waals surface area contributed by atoms with E-state index in [1.807, 2.05) is 60.8 Å². The Labute approximate surface area is 170 Å². The van der Waals surface area contributed by atoms with Crippen LogP contribution in [-0.2, 0) is 11.4 Å². The van der Waals surface area contributed by atoms with Crippen LogP contribution in [-0.4, -0.2) is 39.9 Å². The molecule has 0 unspecified atom stereocenters. The predicted molar refractivity (Wildman–Crippen MR) is 113 cm³/mol. The van der Waals surface area contributed by atoms with Crippen LogP contribution in [0.25, 0.3) is 5.69 Å². The van der Waals surface area contributed by atoms with Crippen molar-refractivity contribution in [3.63, 3.8) is 0 Å². The van der Waals surface area contributed by atoms with Crippen molar-refractivity contribution in [2.45, 2.75) is 25.6 Å². The molecule has 1 aliphatic heterocycles. The fourth-order valence-electron chi connectivity index (χ4n) is 3.36. The maximum Gasteiger partial charge on any atom is 0.170 e. The lowest BCUT2D eigenvalue weighted by molar-refractivity contribution is 0.130. The summed E-state index contributed by atoms with van der Waals surface area (Å²) in [6.45, 7) is 2.08. The van der Waals surface area contributed by atoms with E-state index in [2.05, 4.69) is 15.2 Å². The quantitative estimate of drug-likeness (QED) is 0.383. The Kier molecular flexibility index (Phi) is 5.76. The molecule has 1 aliphatic rings. The van der Waals surface area contributed by atoms with E-state index in [9.17, 15) is 5.11 Å². The molecule has 0 bridgehead atoms. The number of anilines is 1. The number of nitrogens with two attached hydrogens (primary N) is 1. The molecule has 0 radical (unpaired) electrons. The third-order valence-electron chi connectivity index (χ3n) is 5.09. The SMILES string of the molecule is N/C(=N\OCc1ccc(-n2cccn2)cc1)c1ccc(N2CCC(O)CC2)cc1. The van der Waals surface area contributed by atoms with Crippen molar-refractivity contribution >= 4 is 11.5 Å². The Morgan fingerprint density at radius 3 is 2.41 bits per heavy atom. The molecule has 1 saturated heterocycles. The third-order valence-corrected chi connectivity index (χ3v) is 5.09. The number of aromatic nitrogens is 2. The molecule has 150 valence electrons. The summed E-state index contributed by atoms with van der Waals surface area (Å²) in [5, 5.41) is 17.9. The van der Waals surface area contributed by atoms with Crippen molar-refractivity contribution in [3.8, 4) is 5.69 Å². The summed E-state index contributed by atoms with van der Waals surface area (Å²) in [5.41, 5.74) is 10.0. The van der Waals surface area contributed by atoms with Crippen LogP contribution in [0.3, 0.4) is 0 Å². The van der Waals surface area contributed by atoms with Crippen LogP contribution >= 0.6 is 0 Å². The second-order valence-corrected chi connectivity index (χ2v) is 7.13. The predicted octanol–water partition coefficient (Wildman–Crippen LogP) is 2.67. The van der Waals surface area contributed by atoms with Gasteiger partial charge in [0, 0.05) is 36.7 Å². The Morgan fingerprint density at radius 1 is 1.07 bits per heavy atom. The van der Waals surface area contributed by atoms with E-state index in [4.69, 9.17) is 10.6 Å². The average Bonchev–Trinajstić information content (AvgIpc) is 3.30. The molecule has 0 aliphatic carbocycles. The highest BCUT2D eigenvalue weighted by molar-refractivity contribution is 5.97. The Balaban J connectivity index is 1.31. The minimum atomic E-state index is -0.174. The monoisotopic (exact) mass is 391 g/mol. The topological polar surface area (TPSA) is 88.9 Å². The molecule has 2 heterocycles. The van der Waals surface area contributed by atoms with Crippen LogP contribution in [0.2, 0.25) is 0 Å². The van der Waals surface area contributed by atoms with E-state index in [1.165, 1.54) is 0 Å². The number of benzene rings is 2. The molecule has 0 amide bonds. The van der Waals surface area contributed by atoms with Gasteiger partial charge in [-0.05, 0) is 60.9 Å². The first-order valence-electron chi connectivity index (χ1n) is 9.77. The zero-order valence-corrected chi connectivity index (χ0v) is 16.2. The van der Waals surface area contributed by atoms with Crippen LogP contribution in [0, 0.1) is 0 Å². The van der Waals surface area contributed by atoms with Gasteiger partial charge in [0.2, 0.25) is 0 Å². The summed E-state index contributed by atoms with van der Waals surface area (Å²) in [6.07, 6.45) is 5.09. The van der Waals surface area contributed by atoms with Gasteiger partial charge in [-0.3, -0.25) is 0 Å². The van der Waals surface area contributed by atoms with Gasteiger partial charge in [0.1, 0.15) is 6.61 Å². The molecule has 0 saturated carbocycles. The fraction of sp³-hybridized carbons (Fsp3) is 0.273. The summed E-state index contributed by atoms with van der Waals surface area (Å²) in [4.78, 5) is 7.70. The lowest BCUT2D eigenvalue weighted by Crippen LogP contribution is -2.35. The van der Waals surface area contributed by atoms with Crippen molar-refractivity contribution in [2.24, 2.45) is 10.9 Å². The van der Waals surface area contributed by atoms with Gasteiger partial charge in [0.15, 0.2) is 5.84 Å². The minimum absolute atomic E-state index is 0.174. The molecule has 1 aromatic heterocycles. The summed E-state index contributed by atoms with van der Waals surface area (Å²) in [6, 6.07) is 17.8. The van der Waals surface area contributed by atoms with Crippen molar-refractivity contribution in [2.75, 3.05) is 18.0 Å². The van der Waals surface area contributed by atoms with Gasteiger partial charge >= 0.3 is 0 Å². The van der Waals surface area contributed by atoms with Crippen molar-refractivity contribution in [3.05, 3.63) is 78.1 Å². The van der Waals surface area contributed by atoms with E-state index in [0.29, 0.717) is 12.4 Å². The maximum absolute atomic E-state index is 9.64. The average molecular weight is 391 g/mol.